The molecule has 1 atom stereocenters. The van der Waals surface area contributed by atoms with Crippen LogP contribution in [0.15, 0.2) is 0 Å². The third kappa shape index (κ3) is 22.2. The SMILES string of the molecule is Br.CCCCCCCCCCC(CCCCCCCC)NCCOC(=O)CC. The molecule has 0 spiro atoms. The van der Waals surface area contributed by atoms with Crippen molar-refractivity contribution in [1.82, 2.24) is 5.32 Å². The van der Waals surface area contributed by atoms with Crippen molar-refractivity contribution in [3.05, 3.63) is 0 Å². The lowest BCUT2D eigenvalue weighted by molar-refractivity contribution is -0.143. The van der Waals surface area contributed by atoms with Gasteiger partial charge in [0.05, 0.1) is 0 Å². The molecule has 0 aromatic heterocycles. The van der Waals surface area contributed by atoms with Gasteiger partial charge < -0.3 is 10.1 Å². The lowest BCUT2D eigenvalue weighted by Crippen LogP contribution is -2.32. The minimum Gasteiger partial charge on any atom is -0.464 e. The zero-order chi connectivity index (χ0) is 20.0. The molecule has 28 heavy (non-hydrogen) atoms. The highest BCUT2D eigenvalue weighted by molar-refractivity contribution is 8.93. The van der Waals surface area contributed by atoms with E-state index in [1.54, 1.807) is 0 Å². The van der Waals surface area contributed by atoms with E-state index in [1.807, 2.05) is 6.92 Å². The average Bonchev–Trinajstić information content (AvgIpc) is 2.68. The standard InChI is InChI=1S/C24H49NO2.BrH/c1-4-7-9-11-13-14-16-18-20-23(19-17-15-12-10-8-5-2)25-21-22-27-24(26)6-3;/h23,25H,4-22H2,1-3H3;1H. The predicted octanol–water partition coefficient (Wildman–Crippen LogP) is 7.76. The van der Waals surface area contributed by atoms with Gasteiger partial charge >= 0.3 is 5.97 Å². The first-order valence-corrected chi connectivity index (χ1v) is 12.1. The Morgan fingerprint density at radius 1 is 0.714 bits per heavy atom. The zero-order valence-corrected chi connectivity index (χ0v) is 21.0. The Kier molecular flexibility index (Phi) is 26.8. The van der Waals surface area contributed by atoms with Gasteiger partial charge in [-0.2, -0.15) is 0 Å². The molecule has 1 unspecified atom stereocenters. The van der Waals surface area contributed by atoms with Gasteiger partial charge in [-0.1, -0.05) is 111 Å². The van der Waals surface area contributed by atoms with E-state index in [4.69, 9.17) is 4.74 Å². The van der Waals surface area contributed by atoms with Gasteiger partial charge in [0.15, 0.2) is 0 Å². The molecule has 0 aliphatic carbocycles. The van der Waals surface area contributed by atoms with E-state index in [1.165, 1.54) is 103 Å². The highest BCUT2D eigenvalue weighted by Gasteiger charge is 2.08. The Morgan fingerprint density at radius 2 is 1.14 bits per heavy atom. The van der Waals surface area contributed by atoms with Crippen LogP contribution < -0.4 is 5.32 Å². The van der Waals surface area contributed by atoms with Crippen LogP contribution in [0.25, 0.3) is 0 Å². The molecule has 170 valence electrons. The smallest absolute Gasteiger partial charge is 0.305 e. The molecule has 0 amide bonds. The van der Waals surface area contributed by atoms with Gasteiger partial charge in [0.2, 0.25) is 0 Å². The molecule has 1 N–H and O–H groups in total. The third-order valence-corrected chi connectivity index (χ3v) is 5.40. The summed E-state index contributed by atoms with van der Waals surface area (Å²) in [5.74, 6) is -0.0904. The molecular weight excluding hydrogens is 414 g/mol. The maximum atomic E-state index is 11.2. The second-order valence-corrected chi connectivity index (χ2v) is 8.05. The molecule has 0 radical (unpaired) electrons. The largest absolute Gasteiger partial charge is 0.464 e. The quantitative estimate of drug-likeness (QED) is 0.139. The summed E-state index contributed by atoms with van der Waals surface area (Å²) in [5, 5.41) is 3.64. The summed E-state index contributed by atoms with van der Waals surface area (Å²) in [6.07, 6.45) is 22.2. The maximum absolute atomic E-state index is 11.2. The Morgan fingerprint density at radius 3 is 1.57 bits per heavy atom. The molecule has 0 aromatic rings. The lowest BCUT2D eigenvalue weighted by Gasteiger charge is -2.19. The summed E-state index contributed by atoms with van der Waals surface area (Å²) >= 11 is 0. The molecule has 3 nitrogen and oxygen atoms in total. The van der Waals surface area contributed by atoms with Crippen molar-refractivity contribution in [3.8, 4) is 0 Å². The van der Waals surface area contributed by atoms with Crippen LogP contribution in [0.2, 0.25) is 0 Å². The van der Waals surface area contributed by atoms with Gasteiger partial charge in [0.25, 0.3) is 0 Å². The third-order valence-electron chi connectivity index (χ3n) is 5.40. The van der Waals surface area contributed by atoms with Crippen molar-refractivity contribution >= 4 is 23.0 Å². The van der Waals surface area contributed by atoms with Crippen LogP contribution in [0, 0.1) is 0 Å². The molecule has 4 heteroatoms. The molecule has 0 saturated heterocycles. The van der Waals surface area contributed by atoms with Gasteiger partial charge in [-0.25, -0.2) is 0 Å². The van der Waals surface area contributed by atoms with Crippen LogP contribution in [0.4, 0.5) is 0 Å². The molecule has 0 heterocycles. The van der Waals surface area contributed by atoms with Crippen molar-refractivity contribution in [3.63, 3.8) is 0 Å². The summed E-state index contributed by atoms with van der Waals surface area (Å²) in [6.45, 7) is 7.70. The van der Waals surface area contributed by atoms with Crippen molar-refractivity contribution in [2.24, 2.45) is 0 Å². The van der Waals surface area contributed by atoms with Crippen LogP contribution in [0.3, 0.4) is 0 Å². The van der Waals surface area contributed by atoms with Crippen molar-refractivity contribution < 1.29 is 9.53 Å². The fourth-order valence-corrected chi connectivity index (χ4v) is 3.57. The average molecular weight is 465 g/mol. The van der Waals surface area contributed by atoms with Gasteiger partial charge in [-0.15, -0.1) is 17.0 Å². The Hall–Kier alpha value is -0.0900. The molecule has 0 aliphatic rings. The van der Waals surface area contributed by atoms with Crippen molar-refractivity contribution in [1.29, 1.82) is 0 Å². The van der Waals surface area contributed by atoms with Gasteiger partial charge in [0.1, 0.15) is 6.61 Å². The number of unbranched alkanes of at least 4 members (excludes halogenated alkanes) is 12. The first-order valence-electron chi connectivity index (χ1n) is 12.1. The van der Waals surface area contributed by atoms with E-state index in [2.05, 4.69) is 19.2 Å². The number of ether oxygens (including phenoxy) is 1. The van der Waals surface area contributed by atoms with Gasteiger partial charge in [-0.05, 0) is 12.8 Å². The van der Waals surface area contributed by atoms with Crippen LogP contribution >= 0.6 is 17.0 Å². The van der Waals surface area contributed by atoms with Crippen molar-refractivity contribution in [2.45, 2.75) is 136 Å². The molecule has 0 aromatic carbocycles. The summed E-state index contributed by atoms with van der Waals surface area (Å²) in [6, 6.07) is 0.594. The van der Waals surface area contributed by atoms with Crippen LogP contribution in [0.1, 0.15) is 130 Å². The van der Waals surface area contributed by atoms with E-state index in [0.29, 0.717) is 19.1 Å². The van der Waals surface area contributed by atoms with Crippen LogP contribution in [0.5, 0.6) is 0 Å². The van der Waals surface area contributed by atoms with Gasteiger partial charge in [-0.3, -0.25) is 4.79 Å². The fourth-order valence-electron chi connectivity index (χ4n) is 3.57. The van der Waals surface area contributed by atoms with E-state index in [0.717, 1.165) is 6.54 Å². The number of nitrogens with one attached hydrogen (secondary N) is 1. The number of rotatable bonds is 21. The Bertz CT molecular complexity index is 313. The van der Waals surface area contributed by atoms with E-state index in [-0.39, 0.29) is 23.0 Å². The van der Waals surface area contributed by atoms with E-state index < -0.39 is 0 Å². The number of hydrogen-bond donors (Lipinski definition) is 1. The zero-order valence-electron chi connectivity index (χ0n) is 19.2. The molecule has 0 saturated carbocycles. The highest BCUT2D eigenvalue weighted by atomic mass is 79.9. The first kappa shape index (κ1) is 30.1. The summed E-state index contributed by atoms with van der Waals surface area (Å²) in [5.41, 5.74) is 0. The predicted molar refractivity (Wildman–Crippen MR) is 129 cm³/mol. The molecule has 0 aliphatic heterocycles. The van der Waals surface area contributed by atoms with Crippen molar-refractivity contribution in [2.75, 3.05) is 13.2 Å². The molecule has 0 bridgehead atoms. The molecule has 0 rings (SSSR count). The number of carbonyl (C=O) groups excluding carboxylic acids is 1. The highest BCUT2D eigenvalue weighted by Crippen LogP contribution is 2.15. The Balaban J connectivity index is 0. The minimum absolute atomic E-state index is 0. The first-order chi connectivity index (χ1) is 13.2. The monoisotopic (exact) mass is 463 g/mol. The van der Waals surface area contributed by atoms with Gasteiger partial charge in [0, 0.05) is 19.0 Å². The summed E-state index contributed by atoms with van der Waals surface area (Å²) in [7, 11) is 0. The lowest BCUT2D eigenvalue weighted by atomic mass is 10.00. The molecular formula is C24H50BrNO2. The Labute approximate surface area is 186 Å². The normalized spacial score (nSPS) is 11.8. The minimum atomic E-state index is -0.0904. The number of carbonyl (C=O) groups is 1. The topological polar surface area (TPSA) is 38.3 Å². The number of halogens is 1. The molecule has 0 fully saturated rings. The summed E-state index contributed by atoms with van der Waals surface area (Å²) in [4.78, 5) is 11.2. The number of esters is 1. The second-order valence-electron chi connectivity index (χ2n) is 8.05. The van der Waals surface area contributed by atoms with Crippen LogP contribution in [-0.2, 0) is 9.53 Å². The second kappa shape index (κ2) is 24.9. The fraction of sp³-hybridized carbons (Fsp3) is 0.958. The maximum Gasteiger partial charge on any atom is 0.305 e. The van der Waals surface area contributed by atoms with E-state index in [9.17, 15) is 4.79 Å². The number of hydrogen-bond acceptors (Lipinski definition) is 3. The summed E-state index contributed by atoms with van der Waals surface area (Å²) < 4.78 is 5.20. The van der Waals surface area contributed by atoms with Crippen LogP contribution in [-0.4, -0.2) is 25.2 Å². The van der Waals surface area contributed by atoms with E-state index >= 15 is 0 Å².